The molecule has 0 unspecified atom stereocenters. The number of hydrogen-bond acceptors (Lipinski definition) is 3. The Bertz CT molecular complexity index is 1040. The second-order valence-electron chi connectivity index (χ2n) is 7.50. The van der Waals surface area contributed by atoms with Gasteiger partial charge in [-0.25, -0.2) is 0 Å². The van der Waals surface area contributed by atoms with E-state index in [1.165, 1.54) is 0 Å². The number of hydrogen-bond donors (Lipinski definition) is 1. The molecule has 5 heteroatoms. The summed E-state index contributed by atoms with van der Waals surface area (Å²) in [5.74, 6) is -0.254. The molecule has 0 aliphatic heterocycles. The maximum atomic E-state index is 13.0. The van der Waals surface area contributed by atoms with Gasteiger partial charge < -0.3 is 15.1 Å². The van der Waals surface area contributed by atoms with E-state index < -0.39 is 0 Å². The van der Waals surface area contributed by atoms with E-state index in [4.69, 9.17) is 0 Å². The van der Waals surface area contributed by atoms with Crippen molar-refractivity contribution in [2.45, 2.75) is 13.8 Å². The zero-order valence-corrected chi connectivity index (χ0v) is 18.6. The second-order valence-corrected chi connectivity index (χ2v) is 7.50. The Labute approximate surface area is 184 Å². The van der Waals surface area contributed by atoms with Gasteiger partial charge in [-0.2, -0.15) is 0 Å². The van der Waals surface area contributed by atoms with Crippen molar-refractivity contribution in [1.82, 2.24) is 4.90 Å². The first-order valence-corrected chi connectivity index (χ1v) is 10.5. The van der Waals surface area contributed by atoms with Crippen LogP contribution in [0.1, 0.15) is 34.6 Å². The zero-order valence-electron chi connectivity index (χ0n) is 18.6. The van der Waals surface area contributed by atoms with Gasteiger partial charge in [-0.1, -0.05) is 42.5 Å². The number of nitrogens with one attached hydrogen (secondary N) is 1. The Morgan fingerprint density at radius 2 is 1.42 bits per heavy atom. The molecule has 31 heavy (non-hydrogen) atoms. The standard InChI is InChI=1S/C26H29N3O2/c1-5-29(6-2)26(31)23-18-22(16-17-24(23)28(3)4)27-25(30)21-14-12-20(13-15-21)19-10-8-7-9-11-19/h7-18H,5-6H2,1-4H3,(H,27,30). The van der Waals surface area contributed by atoms with Gasteiger partial charge in [0.25, 0.3) is 11.8 Å². The number of nitrogens with zero attached hydrogens (tertiary/aromatic N) is 2. The third-order valence-electron chi connectivity index (χ3n) is 5.27. The lowest BCUT2D eigenvalue weighted by Gasteiger charge is -2.23. The second kappa shape index (κ2) is 9.94. The average molecular weight is 416 g/mol. The average Bonchev–Trinajstić information content (AvgIpc) is 2.80. The largest absolute Gasteiger partial charge is 0.377 e. The molecule has 0 atom stereocenters. The van der Waals surface area contributed by atoms with Gasteiger partial charge in [-0.05, 0) is 55.3 Å². The maximum absolute atomic E-state index is 13.0. The van der Waals surface area contributed by atoms with Crippen molar-refractivity contribution in [2.75, 3.05) is 37.4 Å². The predicted octanol–water partition coefficient (Wildman–Crippen LogP) is 5.15. The molecule has 0 saturated carbocycles. The molecule has 0 aliphatic rings. The van der Waals surface area contributed by atoms with Gasteiger partial charge in [0, 0.05) is 44.1 Å². The quantitative estimate of drug-likeness (QED) is 0.580. The van der Waals surface area contributed by atoms with Crippen LogP contribution in [0.3, 0.4) is 0 Å². The SMILES string of the molecule is CCN(CC)C(=O)c1cc(NC(=O)c2ccc(-c3ccccc3)cc2)ccc1N(C)C. The lowest BCUT2D eigenvalue weighted by atomic mass is 10.0. The molecule has 0 bridgehead atoms. The number of anilines is 2. The van der Waals surface area contributed by atoms with E-state index in [0.29, 0.717) is 29.9 Å². The number of carbonyl (C=O) groups is 2. The molecule has 0 fully saturated rings. The molecule has 0 radical (unpaired) electrons. The van der Waals surface area contributed by atoms with E-state index in [1.807, 2.05) is 99.6 Å². The molecule has 0 aromatic heterocycles. The van der Waals surface area contributed by atoms with Crippen LogP contribution in [0.15, 0.2) is 72.8 Å². The lowest BCUT2D eigenvalue weighted by molar-refractivity contribution is 0.0773. The summed E-state index contributed by atoms with van der Waals surface area (Å²) < 4.78 is 0. The van der Waals surface area contributed by atoms with Crippen molar-refractivity contribution in [2.24, 2.45) is 0 Å². The summed E-state index contributed by atoms with van der Waals surface area (Å²) in [6.07, 6.45) is 0. The van der Waals surface area contributed by atoms with E-state index in [2.05, 4.69) is 5.32 Å². The summed E-state index contributed by atoms with van der Waals surface area (Å²) in [6, 6.07) is 23.0. The third-order valence-corrected chi connectivity index (χ3v) is 5.27. The minimum absolute atomic E-state index is 0.0444. The number of amides is 2. The van der Waals surface area contributed by atoms with Crippen molar-refractivity contribution in [3.05, 3.63) is 83.9 Å². The van der Waals surface area contributed by atoms with Gasteiger partial charge >= 0.3 is 0 Å². The summed E-state index contributed by atoms with van der Waals surface area (Å²) in [4.78, 5) is 29.5. The summed E-state index contributed by atoms with van der Waals surface area (Å²) in [7, 11) is 3.81. The predicted molar refractivity (Wildman–Crippen MR) is 128 cm³/mol. The van der Waals surface area contributed by atoms with Crippen molar-refractivity contribution < 1.29 is 9.59 Å². The molecular formula is C26H29N3O2. The lowest BCUT2D eigenvalue weighted by Crippen LogP contribution is -2.31. The number of carbonyl (C=O) groups excluding carboxylic acids is 2. The van der Waals surface area contributed by atoms with Crippen LogP contribution in [0, 0.1) is 0 Å². The molecule has 0 aliphatic carbocycles. The maximum Gasteiger partial charge on any atom is 0.256 e. The first-order valence-electron chi connectivity index (χ1n) is 10.5. The van der Waals surface area contributed by atoms with Crippen molar-refractivity contribution in [1.29, 1.82) is 0 Å². The van der Waals surface area contributed by atoms with Gasteiger partial charge in [0.05, 0.1) is 5.56 Å². The van der Waals surface area contributed by atoms with Crippen LogP contribution >= 0.6 is 0 Å². The molecular weight excluding hydrogens is 386 g/mol. The number of benzene rings is 3. The monoisotopic (exact) mass is 415 g/mol. The third kappa shape index (κ3) is 5.12. The highest BCUT2D eigenvalue weighted by molar-refractivity contribution is 6.06. The van der Waals surface area contributed by atoms with Gasteiger partial charge in [-0.3, -0.25) is 9.59 Å². The molecule has 1 N–H and O–H groups in total. The Morgan fingerprint density at radius 1 is 0.806 bits per heavy atom. The van der Waals surface area contributed by atoms with Gasteiger partial charge in [0.1, 0.15) is 0 Å². The fourth-order valence-electron chi connectivity index (χ4n) is 3.50. The molecule has 3 rings (SSSR count). The normalized spacial score (nSPS) is 10.5. The highest BCUT2D eigenvalue weighted by Gasteiger charge is 2.19. The van der Waals surface area contributed by atoms with E-state index in [0.717, 1.165) is 16.8 Å². The molecule has 0 heterocycles. The summed E-state index contributed by atoms with van der Waals surface area (Å²) in [5.41, 5.74) is 4.71. The van der Waals surface area contributed by atoms with Crippen LogP contribution in [0.2, 0.25) is 0 Å². The molecule has 0 saturated heterocycles. The minimum Gasteiger partial charge on any atom is -0.377 e. The molecule has 5 nitrogen and oxygen atoms in total. The van der Waals surface area contributed by atoms with E-state index in [-0.39, 0.29) is 11.8 Å². The molecule has 0 spiro atoms. The van der Waals surface area contributed by atoms with Crippen LogP contribution in [-0.2, 0) is 0 Å². The molecule has 2 amide bonds. The van der Waals surface area contributed by atoms with Crippen LogP contribution in [-0.4, -0.2) is 43.9 Å². The summed E-state index contributed by atoms with van der Waals surface area (Å²) >= 11 is 0. The Kier molecular flexibility index (Phi) is 7.08. The fraction of sp³-hybridized carbons (Fsp3) is 0.231. The van der Waals surface area contributed by atoms with Crippen LogP contribution in [0.5, 0.6) is 0 Å². The fourth-order valence-corrected chi connectivity index (χ4v) is 3.50. The van der Waals surface area contributed by atoms with E-state index in [1.54, 1.807) is 11.0 Å². The van der Waals surface area contributed by atoms with Crippen molar-refractivity contribution in [3.63, 3.8) is 0 Å². The smallest absolute Gasteiger partial charge is 0.256 e. The first kappa shape index (κ1) is 22.1. The Hall–Kier alpha value is -3.60. The number of rotatable bonds is 7. The van der Waals surface area contributed by atoms with Crippen LogP contribution in [0.25, 0.3) is 11.1 Å². The van der Waals surface area contributed by atoms with E-state index >= 15 is 0 Å². The van der Waals surface area contributed by atoms with Crippen LogP contribution in [0.4, 0.5) is 11.4 Å². The van der Waals surface area contributed by atoms with Crippen molar-refractivity contribution >= 4 is 23.2 Å². The van der Waals surface area contributed by atoms with Gasteiger partial charge in [0.15, 0.2) is 0 Å². The highest BCUT2D eigenvalue weighted by Crippen LogP contribution is 2.25. The van der Waals surface area contributed by atoms with Crippen LogP contribution < -0.4 is 10.2 Å². The van der Waals surface area contributed by atoms with Crippen molar-refractivity contribution in [3.8, 4) is 11.1 Å². The zero-order chi connectivity index (χ0) is 22.4. The van der Waals surface area contributed by atoms with Gasteiger partial charge in [0.2, 0.25) is 0 Å². The topological polar surface area (TPSA) is 52.7 Å². The first-order chi connectivity index (χ1) is 14.9. The van der Waals surface area contributed by atoms with Gasteiger partial charge in [-0.15, -0.1) is 0 Å². The minimum atomic E-state index is -0.210. The Morgan fingerprint density at radius 3 is 2.00 bits per heavy atom. The molecule has 3 aromatic carbocycles. The Balaban J connectivity index is 1.82. The molecule has 3 aromatic rings. The summed E-state index contributed by atoms with van der Waals surface area (Å²) in [5, 5.41) is 2.93. The highest BCUT2D eigenvalue weighted by atomic mass is 16.2. The molecule has 160 valence electrons. The summed E-state index contributed by atoms with van der Waals surface area (Å²) in [6.45, 7) is 5.18. The van der Waals surface area contributed by atoms with E-state index in [9.17, 15) is 9.59 Å².